The van der Waals surface area contributed by atoms with E-state index in [1.807, 2.05) is 0 Å². The van der Waals surface area contributed by atoms with Crippen LogP contribution in [0.5, 0.6) is 0 Å². The highest BCUT2D eigenvalue weighted by molar-refractivity contribution is 6.13. The van der Waals surface area contributed by atoms with Gasteiger partial charge in [0, 0.05) is 43.3 Å². The van der Waals surface area contributed by atoms with E-state index in [2.05, 4.69) is 0 Å². The van der Waals surface area contributed by atoms with Gasteiger partial charge in [0.25, 0.3) is 17.5 Å². The van der Waals surface area contributed by atoms with E-state index >= 15 is 0 Å². The Hall–Kier alpha value is -3.36. The summed E-state index contributed by atoms with van der Waals surface area (Å²) in [6, 6.07) is 4.42. The molecule has 1 atom stereocenters. The maximum absolute atomic E-state index is 12.6. The zero-order chi connectivity index (χ0) is 19.0. The fraction of sp³-hybridized carbons (Fsp3) is 0.294. The fourth-order valence-corrected chi connectivity index (χ4v) is 3.13. The lowest BCUT2D eigenvalue weighted by Gasteiger charge is -2.19. The molecule has 0 spiro atoms. The Kier molecular flexibility index (Phi) is 4.37. The predicted octanol–water partition coefficient (Wildman–Crippen LogP) is 0.671. The number of carbonyl (C=O) groups excluding carboxylic acids is 4. The molecule has 2 heterocycles. The van der Waals surface area contributed by atoms with Crippen LogP contribution in [0, 0.1) is 17.0 Å². The van der Waals surface area contributed by atoms with Gasteiger partial charge in [-0.15, -0.1) is 0 Å². The summed E-state index contributed by atoms with van der Waals surface area (Å²) in [5.74, 6) is -2.98. The van der Waals surface area contributed by atoms with E-state index in [1.54, 1.807) is 13.0 Å². The van der Waals surface area contributed by atoms with Crippen LogP contribution >= 0.6 is 0 Å². The Labute approximate surface area is 148 Å². The molecule has 3 rings (SSSR count). The van der Waals surface area contributed by atoms with E-state index in [-0.39, 0.29) is 30.8 Å². The average molecular weight is 357 g/mol. The van der Waals surface area contributed by atoms with Crippen LogP contribution in [-0.4, -0.2) is 51.4 Å². The Morgan fingerprint density at radius 1 is 1.08 bits per heavy atom. The summed E-state index contributed by atoms with van der Waals surface area (Å²) in [7, 11) is 0. The van der Waals surface area contributed by atoms with Gasteiger partial charge in [0.2, 0.25) is 11.8 Å². The van der Waals surface area contributed by atoms with Crippen LogP contribution < -0.4 is 0 Å². The smallest absolute Gasteiger partial charge is 0.273 e. The predicted molar refractivity (Wildman–Crippen MR) is 87.8 cm³/mol. The van der Waals surface area contributed by atoms with E-state index in [0.29, 0.717) is 0 Å². The molecule has 2 aliphatic heterocycles. The normalized spacial score (nSPS) is 19.8. The standard InChI is InChI=1S/C17H15N3O6/c1-10-2-3-13(20(25)26)11(8-10)12-9-16(23)19(17(12)24)7-6-18-14(21)4-5-15(18)22/h2-5,8,12H,6-7,9H2,1H3. The van der Waals surface area contributed by atoms with Crippen LogP contribution in [0.15, 0.2) is 30.4 Å². The van der Waals surface area contributed by atoms with Gasteiger partial charge in [0.15, 0.2) is 0 Å². The van der Waals surface area contributed by atoms with Crippen molar-refractivity contribution >= 4 is 29.3 Å². The second kappa shape index (κ2) is 6.51. The maximum atomic E-state index is 12.6. The summed E-state index contributed by atoms with van der Waals surface area (Å²) in [6.45, 7) is 1.50. The summed E-state index contributed by atoms with van der Waals surface area (Å²) in [4.78, 5) is 60.5. The number of hydrogen-bond donors (Lipinski definition) is 0. The monoisotopic (exact) mass is 357 g/mol. The molecule has 0 aliphatic carbocycles. The van der Waals surface area contributed by atoms with Crippen molar-refractivity contribution in [3.8, 4) is 0 Å². The van der Waals surface area contributed by atoms with E-state index in [9.17, 15) is 29.3 Å². The third kappa shape index (κ3) is 2.99. The zero-order valence-electron chi connectivity index (χ0n) is 13.9. The van der Waals surface area contributed by atoms with E-state index in [0.717, 1.165) is 27.5 Å². The molecular formula is C17H15N3O6. The molecule has 0 bridgehead atoms. The molecule has 1 fully saturated rings. The van der Waals surface area contributed by atoms with Crippen LogP contribution in [0.1, 0.15) is 23.5 Å². The molecule has 134 valence electrons. The second-order valence-electron chi connectivity index (χ2n) is 6.12. The minimum absolute atomic E-state index is 0.106. The van der Waals surface area contributed by atoms with Crippen molar-refractivity contribution in [3.63, 3.8) is 0 Å². The SMILES string of the molecule is Cc1ccc([N+](=O)[O-])c(C2CC(=O)N(CCN3C(=O)C=CC3=O)C2=O)c1. The van der Waals surface area contributed by atoms with Gasteiger partial charge in [-0.25, -0.2) is 0 Å². The van der Waals surface area contributed by atoms with Gasteiger partial charge in [-0.2, -0.15) is 0 Å². The van der Waals surface area contributed by atoms with Crippen LogP contribution in [-0.2, 0) is 19.2 Å². The Balaban J connectivity index is 1.79. The van der Waals surface area contributed by atoms with Gasteiger partial charge in [0.1, 0.15) is 0 Å². The molecule has 0 radical (unpaired) electrons. The lowest BCUT2D eigenvalue weighted by Crippen LogP contribution is -2.40. The Morgan fingerprint density at radius 2 is 1.69 bits per heavy atom. The molecule has 0 saturated carbocycles. The van der Waals surface area contributed by atoms with Gasteiger partial charge in [0.05, 0.1) is 10.8 Å². The summed E-state index contributed by atoms with van der Waals surface area (Å²) in [6.07, 6.45) is 2.06. The number of nitrogens with zero attached hydrogens (tertiary/aromatic N) is 3. The number of rotatable bonds is 5. The zero-order valence-corrected chi connectivity index (χ0v) is 13.9. The maximum Gasteiger partial charge on any atom is 0.273 e. The molecule has 1 saturated heterocycles. The molecule has 9 nitrogen and oxygen atoms in total. The Bertz CT molecular complexity index is 857. The number of likely N-dealkylation sites (tertiary alicyclic amines) is 1. The van der Waals surface area contributed by atoms with Crippen molar-refractivity contribution in [1.82, 2.24) is 9.80 Å². The van der Waals surface area contributed by atoms with Crippen LogP contribution in [0.2, 0.25) is 0 Å². The lowest BCUT2D eigenvalue weighted by atomic mass is 9.94. The van der Waals surface area contributed by atoms with Crippen LogP contribution in [0.25, 0.3) is 0 Å². The molecule has 1 aromatic carbocycles. The first-order valence-electron chi connectivity index (χ1n) is 7.92. The first-order chi connectivity index (χ1) is 12.3. The number of nitro benzene ring substituents is 1. The highest BCUT2D eigenvalue weighted by Crippen LogP contribution is 2.35. The minimum atomic E-state index is -0.939. The fourth-order valence-electron chi connectivity index (χ4n) is 3.13. The summed E-state index contributed by atoms with van der Waals surface area (Å²) in [5.41, 5.74) is 0.729. The molecule has 1 unspecified atom stereocenters. The van der Waals surface area contributed by atoms with Crippen molar-refractivity contribution in [1.29, 1.82) is 0 Å². The van der Waals surface area contributed by atoms with Gasteiger partial charge in [-0.1, -0.05) is 11.6 Å². The highest BCUT2D eigenvalue weighted by Gasteiger charge is 2.42. The number of carbonyl (C=O) groups is 4. The average Bonchev–Trinajstić information content (AvgIpc) is 3.05. The molecular weight excluding hydrogens is 342 g/mol. The molecule has 26 heavy (non-hydrogen) atoms. The number of nitro groups is 1. The topological polar surface area (TPSA) is 118 Å². The molecule has 2 aliphatic rings. The number of amides is 4. The largest absolute Gasteiger partial charge is 0.280 e. The first-order valence-corrected chi connectivity index (χ1v) is 7.92. The first kappa shape index (κ1) is 17.5. The third-order valence-electron chi connectivity index (χ3n) is 4.45. The van der Waals surface area contributed by atoms with Gasteiger partial charge < -0.3 is 0 Å². The van der Waals surface area contributed by atoms with Crippen molar-refractivity contribution in [2.45, 2.75) is 19.3 Å². The molecule has 9 heteroatoms. The number of aryl methyl sites for hydroxylation is 1. The van der Waals surface area contributed by atoms with Crippen LogP contribution in [0.4, 0.5) is 5.69 Å². The van der Waals surface area contributed by atoms with E-state index in [4.69, 9.17) is 0 Å². The summed E-state index contributed by atoms with van der Waals surface area (Å²) in [5, 5.41) is 11.2. The molecule has 0 N–H and O–H groups in total. The Morgan fingerprint density at radius 3 is 2.31 bits per heavy atom. The third-order valence-corrected chi connectivity index (χ3v) is 4.45. The van der Waals surface area contributed by atoms with E-state index in [1.165, 1.54) is 12.1 Å². The minimum Gasteiger partial charge on any atom is -0.280 e. The van der Waals surface area contributed by atoms with Gasteiger partial charge in [-0.05, 0) is 13.0 Å². The molecule has 4 amide bonds. The summed E-state index contributed by atoms with van der Waals surface area (Å²) >= 11 is 0. The second-order valence-corrected chi connectivity index (χ2v) is 6.12. The number of hydrogen-bond acceptors (Lipinski definition) is 6. The van der Waals surface area contributed by atoms with Crippen molar-refractivity contribution in [2.75, 3.05) is 13.1 Å². The highest BCUT2D eigenvalue weighted by atomic mass is 16.6. The molecule has 1 aromatic rings. The van der Waals surface area contributed by atoms with Crippen LogP contribution in [0.3, 0.4) is 0 Å². The number of benzene rings is 1. The van der Waals surface area contributed by atoms with Gasteiger partial charge in [-0.3, -0.25) is 39.1 Å². The van der Waals surface area contributed by atoms with Crippen molar-refractivity contribution in [3.05, 3.63) is 51.6 Å². The van der Waals surface area contributed by atoms with E-state index < -0.39 is 34.5 Å². The van der Waals surface area contributed by atoms with Crippen molar-refractivity contribution < 1.29 is 24.1 Å². The summed E-state index contributed by atoms with van der Waals surface area (Å²) < 4.78 is 0. The molecule has 0 aromatic heterocycles. The van der Waals surface area contributed by atoms with Crippen molar-refractivity contribution in [2.24, 2.45) is 0 Å². The lowest BCUT2D eigenvalue weighted by molar-refractivity contribution is -0.385. The van der Waals surface area contributed by atoms with Gasteiger partial charge >= 0.3 is 0 Å². The number of imide groups is 2. The quantitative estimate of drug-likeness (QED) is 0.434.